The summed E-state index contributed by atoms with van der Waals surface area (Å²) >= 11 is 0. The molecule has 0 atom stereocenters. The molecule has 6 nitrogen and oxygen atoms in total. The van der Waals surface area contributed by atoms with E-state index in [4.69, 9.17) is 4.74 Å². The molecule has 25 heavy (non-hydrogen) atoms. The number of sulfonamides is 1. The van der Waals surface area contributed by atoms with Crippen LogP contribution in [0, 0.1) is 0 Å². The van der Waals surface area contributed by atoms with Gasteiger partial charge in [0.15, 0.2) is 6.61 Å². The van der Waals surface area contributed by atoms with Crippen LogP contribution in [-0.4, -0.2) is 27.5 Å². The van der Waals surface area contributed by atoms with Crippen LogP contribution in [0.15, 0.2) is 59.5 Å². The maximum Gasteiger partial charge on any atom is 0.262 e. The Bertz CT molecular complexity index is 774. The monoisotopic (exact) mass is 362 g/mol. The molecule has 0 unspecified atom stereocenters. The first-order chi connectivity index (χ1) is 12.0. The molecule has 0 aliphatic rings. The van der Waals surface area contributed by atoms with E-state index in [1.54, 1.807) is 24.3 Å². The third-order valence-electron chi connectivity index (χ3n) is 3.38. The quantitative estimate of drug-likeness (QED) is 0.672. The first kappa shape index (κ1) is 19.0. The van der Waals surface area contributed by atoms with Crippen LogP contribution in [0.25, 0.3) is 0 Å². The molecule has 0 saturated heterocycles. The van der Waals surface area contributed by atoms with Crippen LogP contribution < -0.4 is 14.8 Å². The molecule has 0 aromatic heterocycles. The minimum absolute atomic E-state index is 0.122. The van der Waals surface area contributed by atoms with Gasteiger partial charge in [0.2, 0.25) is 10.0 Å². The highest BCUT2D eigenvalue weighted by Gasteiger charge is 2.13. The Kier molecular flexibility index (Phi) is 6.97. The maximum atomic E-state index is 12.1. The van der Waals surface area contributed by atoms with Gasteiger partial charge < -0.3 is 10.1 Å². The Morgan fingerprint density at radius 1 is 1.04 bits per heavy atom. The lowest BCUT2D eigenvalue weighted by Gasteiger charge is -2.09. The molecule has 0 aliphatic carbocycles. The maximum absolute atomic E-state index is 12.1. The first-order valence-corrected chi connectivity index (χ1v) is 9.57. The van der Waals surface area contributed by atoms with E-state index < -0.39 is 10.0 Å². The molecule has 0 heterocycles. The van der Waals surface area contributed by atoms with Crippen molar-refractivity contribution in [2.75, 3.05) is 18.5 Å². The van der Waals surface area contributed by atoms with Gasteiger partial charge in [-0.1, -0.05) is 31.5 Å². The lowest BCUT2D eigenvalue weighted by molar-refractivity contribution is -0.118. The SMILES string of the molecule is CCCCNS(=O)(=O)c1ccc(NC(=O)COc2ccccc2)cc1. The minimum atomic E-state index is -3.51. The van der Waals surface area contributed by atoms with Crippen molar-refractivity contribution in [3.05, 3.63) is 54.6 Å². The summed E-state index contributed by atoms with van der Waals surface area (Å²) in [6.07, 6.45) is 1.70. The fourth-order valence-electron chi connectivity index (χ4n) is 2.05. The highest BCUT2D eigenvalue weighted by molar-refractivity contribution is 7.89. The topological polar surface area (TPSA) is 84.5 Å². The van der Waals surface area contributed by atoms with Gasteiger partial charge in [-0.15, -0.1) is 0 Å². The minimum Gasteiger partial charge on any atom is -0.484 e. The second kappa shape index (κ2) is 9.19. The number of carbonyl (C=O) groups excluding carboxylic acids is 1. The van der Waals surface area contributed by atoms with Crippen molar-refractivity contribution in [2.24, 2.45) is 0 Å². The predicted molar refractivity (Wildman–Crippen MR) is 97.1 cm³/mol. The molecular weight excluding hydrogens is 340 g/mol. The summed E-state index contributed by atoms with van der Waals surface area (Å²) in [5.74, 6) is 0.290. The van der Waals surface area contributed by atoms with Gasteiger partial charge >= 0.3 is 0 Å². The number of para-hydroxylation sites is 1. The van der Waals surface area contributed by atoms with Gasteiger partial charge in [-0.3, -0.25) is 4.79 Å². The number of rotatable bonds is 9. The molecule has 2 aromatic rings. The Hall–Kier alpha value is -2.38. The van der Waals surface area contributed by atoms with Crippen molar-refractivity contribution in [3.63, 3.8) is 0 Å². The average Bonchev–Trinajstić information content (AvgIpc) is 2.61. The molecule has 0 aliphatic heterocycles. The fourth-order valence-corrected chi connectivity index (χ4v) is 3.12. The third-order valence-corrected chi connectivity index (χ3v) is 4.86. The Balaban J connectivity index is 1.88. The predicted octanol–water partition coefficient (Wildman–Crippen LogP) is 2.78. The fraction of sp³-hybridized carbons (Fsp3) is 0.278. The standard InChI is InChI=1S/C18H22N2O4S/c1-2-3-13-19-25(22,23)17-11-9-15(10-12-17)20-18(21)14-24-16-7-5-4-6-8-16/h4-12,19H,2-3,13-14H2,1H3,(H,20,21). The molecule has 0 fully saturated rings. The van der Waals surface area contributed by atoms with Crippen LogP contribution in [0.3, 0.4) is 0 Å². The molecule has 7 heteroatoms. The highest BCUT2D eigenvalue weighted by Crippen LogP contribution is 2.14. The van der Waals surface area contributed by atoms with Crippen molar-refractivity contribution >= 4 is 21.6 Å². The highest BCUT2D eigenvalue weighted by atomic mass is 32.2. The summed E-state index contributed by atoms with van der Waals surface area (Å²) in [5, 5.41) is 2.66. The van der Waals surface area contributed by atoms with Crippen LogP contribution >= 0.6 is 0 Å². The van der Waals surface area contributed by atoms with E-state index in [1.807, 2.05) is 25.1 Å². The summed E-state index contributed by atoms with van der Waals surface area (Å²) < 4.78 is 32.1. The van der Waals surface area contributed by atoms with Crippen LogP contribution in [0.5, 0.6) is 5.75 Å². The number of unbranched alkanes of at least 4 members (excludes halogenated alkanes) is 1. The Morgan fingerprint density at radius 2 is 1.72 bits per heavy atom. The number of hydrogen-bond acceptors (Lipinski definition) is 4. The van der Waals surface area contributed by atoms with Crippen LogP contribution in [0.2, 0.25) is 0 Å². The molecular formula is C18H22N2O4S. The van der Waals surface area contributed by atoms with E-state index in [0.29, 0.717) is 18.0 Å². The van der Waals surface area contributed by atoms with Gasteiger partial charge in [-0.25, -0.2) is 13.1 Å². The number of carbonyl (C=O) groups is 1. The summed E-state index contributed by atoms with van der Waals surface area (Å²) in [6, 6.07) is 15.0. The second-order valence-electron chi connectivity index (χ2n) is 5.43. The lowest BCUT2D eigenvalue weighted by atomic mass is 10.3. The van der Waals surface area contributed by atoms with E-state index in [2.05, 4.69) is 10.0 Å². The normalized spacial score (nSPS) is 11.1. The van der Waals surface area contributed by atoms with Gasteiger partial charge in [0.25, 0.3) is 5.91 Å². The van der Waals surface area contributed by atoms with Crippen LogP contribution in [0.1, 0.15) is 19.8 Å². The van der Waals surface area contributed by atoms with E-state index >= 15 is 0 Å². The molecule has 2 N–H and O–H groups in total. The van der Waals surface area contributed by atoms with E-state index in [1.165, 1.54) is 12.1 Å². The summed E-state index contributed by atoms with van der Waals surface area (Å²) in [7, 11) is -3.51. The molecule has 0 radical (unpaired) electrons. The Labute approximate surface area is 148 Å². The van der Waals surface area contributed by atoms with Crippen molar-refractivity contribution < 1.29 is 17.9 Å². The molecule has 1 amide bonds. The number of amides is 1. The van der Waals surface area contributed by atoms with Crippen molar-refractivity contribution in [1.29, 1.82) is 0 Å². The van der Waals surface area contributed by atoms with E-state index in [-0.39, 0.29) is 17.4 Å². The molecule has 2 aromatic carbocycles. The average molecular weight is 362 g/mol. The van der Waals surface area contributed by atoms with E-state index in [9.17, 15) is 13.2 Å². The van der Waals surface area contributed by atoms with Crippen LogP contribution in [0.4, 0.5) is 5.69 Å². The van der Waals surface area contributed by atoms with E-state index in [0.717, 1.165) is 12.8 Å². The van der Waals surface area contributed by atoms with Gasteiger partial charge in [0.05, 0.1) is 4.90 Å². The summed E-state index contributed by atoms with van der Waals surface area (Å²) in [4.78, 5) is 12.0. The molecule has 134 valence electrons. The van der Waals surface area contributed by atoms with Gasteiger partial charge in [-0.2, -0.15) is 0 Å². The Morgan fingerprint density at radius 3 is 2.36 bits per heavy atom. The number of anilines is 1. The number of hydrogen-bond donors (Lipinski definition) is 2. The third kappa shape index (κ3) is 6.21. The first-order valence-electron chi connectivity index (χ1n) is 8.08. The number of benzene rings is 2. The largest absolute Gasteiger partial charge is 0.484 e. The zero-order chi connectivity index (χ0) is 18.1. The van der Waals surface area contributed by atoms with Crippen molar-refractivity contribution in [2.45, 2.75) is 24.7 Å². The number of nitrogens with one attached hydrogen (secondary N) is 2. The van der Waals surface area contributed by atoms with Gasteiger partial charge in [0.1, 0.15) is 5.75 Å². The van der Waals surface area contributed by atoms with Gasteiger partial charge in [0, 0.05) is 12.2 Å². The smallest absolute Gasteiger partial charge is 0.262 e. The summed E-state index contributed by atoms with van der Waals surface area (Å²) in [6.45, 7) is 2.28. The molecule has 0 saturated carbocycles. The zero-order valence-corrected chi connectivity index (χ0v) is 14.9. The second-order valence-corrected chi connectivity index (χ2v) is 7.19. The molecule has 0 spiro atoms. The van der Waals surface area contributed by atoms with Gasteiger partial charge in [-0.05, 0) is 42.8 Å². The van der Waals surface area contributed by atoms with Crippen molar-refractivity contribution in [3.8, 4) is 5.75 Å². The van der Waals surface area contributed by atoms with Crippen LogP contribution in [-0.2, 0) is 14.8 Å². The molecule has 0 bridgehead atoms. The number of ether oxygens (including phenoxy) is 1. The van der Waals surface area contributed by atoms with Crippen molar-refractivity contribution in [1.82, 2.24) is 4.72 Å². The summed E-state index contributed by atoms with van der Waals surface area (Å²) in [5.41, 5.74) is 0.508. The lowest BCUT2D eigenvalue weighted by Crippen LogP contribution is -2.24. The molecule has 2 rings (SSSR count). The zero-order valence-electron chi connectivity index (χ0n) is 14.1.